The van der Waals surface area contributed by atoms with Crippen molar-refractivity contribution in [2.24, 2.45) is 5.14 Å². The number of benzene rings is 1. The maximum Gasteiger partial charge on any atom is 0.257 e. The first-order chi connectivity index (χ1) is 9.40. The highest BCUT2D eigenvalue weighted by molar-refractivity contribution is 14.1. The number of rotatable bonds is 5. The molecule has 0 saturated carbocycles. The van der Waals surface area contributed by atoms with Crippen molar-refractivity contribution in [2.75, 3.05) is 0 Å². The van der Waals surface area contributed by atoms with E-state index >= 15 is 0 Å². The minimum Gasteiger partial charge on any atom is -0.329 e. The topological polar surface area (TPSA) is 78.0 Å². The minimum absolute atomic E-state index is 0.0635. The van der Waals surface area contributed by atoms with Gasteiger partial charge in [0.2, 0.25) is 0 Å². The van der Waals surface area contributed by atoms with Crippen molar-refractivity contribution in [3.8, 4) is 0 Å². The molecule has 0 radical (unpaired) electrons. The highest BCUT2D eigenvalue weighted by Crippen LogP contribution is 2.14. The Kier molecular flexibility index (Phi) is 4.82. The van der Waals surface area contributed by atoms with E-state index in [1.54, 1.807) is 0 Å². The summed E-state index contributed by atoms with van der Waals surface area (Å²) in [4.78, 5) is 4.13. The van der Waals surface area contributed by atoms with E-state index in [1.165, 1.54) is 6.20 Å². The van der Waals surface area contributed by atoms with Crippen LogP contribution in [-0.4, -0.2) is 18.0 Å². The molecular formula is C13H16IN3O2S. The molecule has 0 aliphatic carbocycles. The Morgan fingerprint density at radius 3 is 2.50 bits per heavy atom. The van der Waals surface area contributed by atoms with Crippen molar-refractivity contribution in [3.05, 3.63) is 45.4 Å². The molecule has 20 heavy (non-hydrogen) atoms. The maximum atomic E-state index is 11.4. The number of nitrogens with zero attached hydrogens (tertiary/aromatic N) is 2. The normalized spacial score (nSPS) is 11.8. The molecule has 2 rings (SSSR count). The van der Waals surface area contributed by atoms with E-state index in [4.69, 9.17) is 5.14 Å². The summed E-state index contributed by atoms with van der Waals surface area (Å²) in [6, 6.07) is 8.09. The number of aryl methyl sites for hydroxylation is 1. The first-order valence-electron chi connectivity index (χ1n) is 6.23. The molecule has 108 valence electrons. The molecule has 0 aliphatic heterocycles. The Labute approximate surface area is 132 Å². The summed E-state index contributed by atoms with van der Waals surface area (Å²) in [5.41, 5.74) is 1.10. The molecule has 2 aromatic rings. The van der Waals surface area contributed by atoms with Gasteiger partial charge in [0.05, 0.1) is 0 Å². The van der Waals surface area contributed by atoms with Crippen molar-refractivity contribution < 1.29 is 8.42 Å². The summed E-state index contributed by atoms with van der Waals surface area (Å²) in [6.45, 7) is 2.62. The number of sulfonamides is 1. The lowest BCUT2D eigenvalue weighted by molar-refractivity contribution is 0.594. The fourth-order valence-electron chi connectivity index (χ4n) is 1.91. The molecule has 0 spiro atoms. The fourth-order valence-corrected chi connectivity index (χ4v) is 2.78. The zero-order valence-corrected chi connectivity index (χ0v) is 14.1. The highest BCUT2D eigenvalue weighted by Gasteiger charge is 2.16. The van der Waals surface area contributed by atoms with E-state index in [2.05, 4.69) is 27.6 Å². The molecule has 0 bridgehead atoms. The predicted molar refractivity (Wildman–Crippen MR) is 85.9 cm³/mol. The average Bonchev–Trinajstić information content (AvgIpc) is 2.76. The largest absolute Gasteiger partial charge is 0.329 e. The van der Waals surface area contributed by atoms with E-state index in [0.717, 1.165) is 27.8 Å². The number of primary sulfonamides is 1. The molecule has 0 atom stereocenters. The van der Waals surface area contributed by atoms with Crippen molar-refractivity contribution in [1.29, 1.82) is 0 Å². The summed E-state index contributed by atoms with van der Waals surface area (Å²) < 4.78 is 25.8. The minimum atomic E-state index is -3.75. The van der Waals surface area contributed by atoms with E-state index in [-0.39, 0.29) is 5.03 Å². The van der Waals surface area contributed by atoms with Crippen molar-refractivity contribution in [1.82, 2.24) is 9.55 Å². The molecule has 2 N–H and O–H groups in total. The SMILES string of the molecule is CCCc1nc(S(N)(=O)=O)cn1Cc1ccc(I)cc1. The average molecular weight is 405 g/mol. The standard InChI is InChI=1S/C13H16IN3O2S/c1-2-3-12-16-13(20(15,18)19)9-17(12)8-10-4-6-11(14)7-5-10/h4-7,9H,2-3,8H2,1H3,(H2,15,18,19). The van der Waals surface area contributed by atoms with Crippen molar-refractivity contribution in [3.63, 3.8) is 0 Å². The molecule has 1 aromatic heterocycles. The summed E-state index contributed by atoms with van der Waals surface area (Å²) in [6.07, 6.45) is 3.13. The summed E-state index contributed by atoms with van der Waals surface area (Å²) in [5, 5.41) is 5.08. The van der Waals surface area contributed by atoms with Gasteiger partial charge < -0.3 is 4.57 Å². The van der Waals surface area contributed by atoms with E-state index in [0.29, 0.717) is 6.54 Å². The monoisotopic (exact) mass is 405 g/mol. The third-order valence-corrected chi connectivity index (χ3v) is 4.37. The molecule has 7 heteroatoms. The predicted octanol–water partition coefficient (Wildman–Crippen LogP) is 2.14. The van der Waals surface area contributed by atoms with E-state index in [1.807, 2.05) is 35.8 Å². The number of hydrogen-bond donors (Lipinski definition) is 1. The number of imidazole rings is 1. The van der Waals surface area contributed by atoms with Gasteiger partial charge in [0.25, 0.3) is 10.0 Å². The summed E-state index contributed by atoms with van der Waals surface area (Å²) in [5.74, 6) is 0.745. The van der Waals surface area contributed by atoms with Crippen LogP contribution in [-0.2, 0) is 23.0 Å². The lowest BCUT2D eigenvalue weighted by Gasteiger charge is -2.07. The Hall–Kier alpha value is -0.930. The summed E-state index contributed by atoms with van der Waals surface area (Å²) in [7, 11) is -3.75. The number of nitrogens with two attached hydrogens (primary N) is 1. The van der Waals surface area contributed by atoms with Crippen LogP contribution in [0.3, 0.4) is 0 Å². The van der Waals surface area contributed by atoms with Gasteiger partial charge in [-0.15, -0.1) is 0 Å². The fraction of sp³-hybridized carbons (Fsp3) is 0.308. The van der Waals surface area contributed by atoms with Crippen LogP contribution in [0.5, 0.6) is 0 Å². The summed E-state index contributed by atoms with van der Waals surface area (Å²) >= 11 is 2.25. The smallest absolute Gasteiger partial charge is 0.257 e. The number of aromatic nitrogens is 2. The lowest BCUT2D eigenvalue weighted by Crippen LogP contribution is -2.12. The van der Waals surface area contributed by atoms with Crippen LogP contribution >= 0.6 is 22.6 Å². The van der Waals surface area contributed by atoms with Crippen LogP contribution in [0.1, 0.15) is 24.7 Å². The second kappa shape index (κ2) is 6.23. The molecule has 1 heterocycles. The van der Waals surface area contributed by atoms with Crippen LogP contribution < -0.4 is 5.14 Å². The number of halogens is 1. The number of hydrogen-bond acceptors (Lipinski definition) is 3. The van der Waals surface area contributed by atoms with Crippen LogP contribution in [0.15, 0.2) is 35.5 Å². The van der Waals surface area contributed by atoms with Gasteiger partial charge in [0, 0.05) is 22.7 Å². The van der Waals surface area contributed by atoms with Gasteiger partial charge in [-0.3, -0.25) is 0 Å². The molecular weight excluding hydrogens is 389 g/mol. The Morgan fingerprint density at radius 1 is 1.30 bits per heavy atom. The van der Waals surface area contributed by atoms with Gasteiger partial charge in [0.1, 0.15) is 5.82 Å². The Morgan fingerprint density at radius 2 is 1.95 bits per heavy atom. The Balaban J connectivity index is 2.34. The van der Waals surface area contributed by atoms with Gasteiger partial charge in [-0.25, -0.2) is 18.5 Å². The maximum absolute atomic E-state index is 11.4. The third kappa shape index (κ3) is 3.80. The van der Waals surface area contributed by atoms with Crippen LogP contribution in [0.25, 0.3) is 0 Å². The first kappa shape index (κ1) is 15.5. The Bertz CT molecular complexity index is 693. The molecule has 0 saturated heterocycles. The molecule has 1 aromatic carbocycles. The third-order valence-electron chi connectivity index (χ3n) is 2.87. The zero-order chi connectivity index (χ0) is 14.8. The highest BCUT2D eigenvalue weighted by atomic mass is 127. The van der Waals surface area contributed by atoms with Crippen molar-refractivity contribution in [2.45, 2.75) is 31.3 Å². The van der Waals surface area contributed by atoms with Gasteiger partial charge in [-0.1, -0.05) is 19.1 Å². The van der Waals surface area contributed by atoms with E-state index in [9.17, 15) is 8.42 Å². The zero-order valence-electron chi connectivity index (χ0n) is 11.1. The second-order valence-electron chi connectivity index (χ2n) is 4.54. The van der Waals surface area contributed by atoms with Gasteiger partial charge in [-0.05, 0) is 46.7 Å². The molecule has 0 fully saturated rings. The van der Waals surface area contributed by atoms with Gasteiger partial charge >= 0.3 is 0 Å². The van der Waals surface area contributed by atoms with E-state index < -0.39 is 10.0 Å². The van der Waals surface area contributed by atoms with Gasteiger partial charge in [-0.2, -0.15) is 0 Å². The quantitative estimate of drug-likeness (QED) is 0.775. The van der Waals surface area contributed by atoms with Crippen LogP contribution in [0.4, 0.5) is 0 Å². The molecule has 0 amide bonds. The van der Waals surface area contributed by atoms with Crippen molar-refractivity contribution >= 4 is 32.6 Å². The van der Waals surface area contributed by atoms with Gasteiger partial charge in [0.15, 0.2) is 5.03 Å². The van der Waals surface area contributed by atoms with Crippen LogP contribution in [0.2, 0.25) is 0 Å². The first-order valence-corrected chi connectivity index (χ1v) is 8.86. The molecule has 5 nitrogen and oxygen atoms in total. The second-order valence-corrected chi connectivity index (χ2v) is 7.30. The molecule has 0 unspecified atom stereocenters. The molecule has 0 aliphatic rings. The van der Waals surface area contributed by atoms with Crippen LogP contribution in [0, 0.1) is 3.57 Å². The lowest BCUT2D eigenvalue weighted by atomic mass is 10.2.